The number of nitrogens with one attached hydrogen (secondary N) is 2. The van der Waals surface area contributed by atoms with Crippen molar-refractivity contribution < 1.29 is 14.3 Å². The summed E-state index contributed by atoms with van der Waals surface area (Å²) in [5.74, 6) is 1.82. The number of hydrogen-bond acceptors (Lipinski definition) is 5. The first-order valence-corrected chi connectivity index (χ1v) is 9.36. The molecule has 4 aromatic rings. The van der Waals surface area contributed by atoms with Crippen LogP contribution in [0.15, 0.2) is 54.7 Å². The molecule has 8 heteroatoms. The molecule has 0 fully saturated rings. The van der Waals surface area contributed by atoms with Gasteiger partial charge in [-0.3, -0.25) is 4.79 Å². The maximum Gasteiger partial charge on any atom is 0.255 e. The number of nitrogens with zero attached hydrogens (tertiary/aromatic N) is 2. The van der Waals surface area contributed by atoms with E-state index in [0.717, 1.165) is 16.6 Å². The van der Waals surface area contributed by atoms with Gasteiger partial charge in [0.2, 0.25) is 0 Å². The van der Waals surface area contributed by atoms with Crippen LogP contribution in [-0.4, -0.2) is 34.1 Å². The molecular weight excluding hydrogens is 392 g/mol. The van der Waals surface area contributed by atoms with Crippen molar-refractivity contribution in [3.63, 3.8) is 0 Å². The van der Waals surface area contributed by atoms with E-state index in [2.05, 4.69) is 20.3 Å². The average Bonchev–Trinajstić information content (AvgIpc) is 3.15. The summed E-state index contributed by atoms with van der Waals surface area (Å²) in [6, 6.07) is 14.3. The number of aromatic amines is 1. The lowest BCUT2D eigenvalue weighted by Gasteiger charge is -2.17. The maximum atomic E-state index is 12.5. The van der Waals surface area contributed by atoms with Crippen LogP contribution in [0.1, 0.15) is 10.4 Å². The van der Waals surface area contributed by atoms with E-state index in [1.807, 2.05) is 36.4 Å². The van der Waals surface area contributed by atoms with Gasteiger partial charge in [-0.15, -0.1) is 0 Å². The zero-order valence-electron chi connectivity index (χ0n) is 15.1. The average molecular weight is 407 g/mol. The van der Waals surface area contributed by atoms with E-state index in [1.54, 1.807) is 6.07 Å². The number of fused-ring (bicyclic) bond motifs is 2. The highest BCUT2D eigenvalue weighted by molar-refractivity contribution is 6.29. The summed E-state index contributed by atoms with van der Waals surface area (Å²) in [6.45, 7) is 1.06. The molecule has 2 aromatic heterocycles. The van der Waals surface area contributed by atoms with Gasteiger partial charge in [0, 0.05) is 35.1 Å². The van der Waals surface area contributed by atoms with Crippen LogP contribution in [0.2, 0.25) is 5.15 Å². The number of ether oxygens (including phenoxy) is 2. The molecule has 0 radical (unpaired) electrons. The second-order valence-corrected chi connectivity index (χ2v) is 6.89. The third kappa shape index (κ3) is 3.48. The van der Waals surface area contributed by atoms with Gasteiger partial charge >= 0.3 is 0 Å². The number of hydrogen-bond donors (Lipinski definition) is 2. The lowest BCUT2D eigenvalue weighted by Crippen LogP contribution is -2.15. The minimum absolute atomic E-state index is 0.266. The monoisotopic (exact) mass is 406 g/mol. The highest BCUT2D eigenvalue weighted by atomic mass is 35.5. The van der Waals surface area contributed by atoms with Crippen molar-refractivity contribution in [2.24, 2.45) is 0 Å². The molecule has 1 aliphatic rings. The Bertz CT molecular complexity index is 1190. The molecule has 1 aliphatic heterocycles. The largest absolute Gasteiger partial charge is 0.486 e. The quantitative estimate of drug-likeness (QED) is 0.495. The predicted octanol–water partition coefficient (Wildman–Crippen LogP) is 4.30. The summed E-state index contributed by atoms with van der Waals surface area (Å²) in [6.07, 6.45) is 1.50. The van der Waals surface area contributed by atoms with Crippen LogP contribution in [0.5, 0.6) is 11.5 Å². The molecule has 29 heavy (non-hydrogen) atoms. The Morgan fingerprint density at radius 1 is 1.07 bits per heavy atom. The predicted molar refractivity (Wildman–Crippen MR) is 110 cm³/mol. The topological polar surface area (TPSA) is 89.1 Å². The van der Waals surface area contributed by atoms with Crippen molar-refractivity contribution in [2.45, 2.75) is 0 Å². The lowest BCUT2D eigenvalue weighted by atomic mass is 10.2. The lowest BCUT2D eigenvalue weighted by molar-refractivity contribution is 0.102. The highest BCUT2D eigenvalue weighted by Gasteiger charge is 2.16. The fourth-order valence-corrected chi connectivity index (χ4v) is 3.35. The number of halogens is 1. The minimum Gasteiger partial charge on any atom is -0.486 e. The fraction of sp³-hybridized carbons (Fsp3) is 0.0952. The normalized spacial score (nSPS) is 12.7. The first-order valence-electron chi connectivity index (χ1n) is 8.98. The molecule has 0 saturated carbocycles. The van der Waals surface area contributed by atoms with E-state index in [1.165, 1.54) is 12.3 Å². The zero-order valence-corrected chi connectivity index (χ0v) is 15.9. The molecule has 5 rings (SSSR count). The number of carbonyl (C=O) groups is 1. The van der Waals surface area contributed by atoms with Crippen molar-refractivity contribution in [1.82, 2.24) is 15.0 Å². The highest BCUT2D eigenvalue weighted by Crippen LogP contribution is 2.35. The number of anilines is 1. The summed E-state index contributed by atoms with van der Waals surface area (Å²) in [5.41, 5.74) is 3.55. The first kappa shape index (κ1) is 17.5. The molecule has 7 nitrogen and oxygen atoms in total. The van der Waals surface area contributed by atoms with E-state index < -0.39 is 0 Å². The third-order valence-corrected chi connectivity index (χ3v) is 4.74. The number of rotatable bonds is 3. The van der Waals surface area contributed by atoms with Crippen LogP contribution < -0.4 is 14.8 Å². The molecule has 0 bridgehead atoms. The molecule has 3 heterocycles. The first-order chi connectivity index (χ1) is 14.2. The minimum atomic E-state index is -0.266. The Morgan fingerprint density at radius 2 is 1.90 bits per heavy atom. The zero-order chi connectivity index (χ0) is 19.8. The van der Waals surface area contributed by atoms with E-state index in [4.69, 9.17) is 21.1 Å². The van der Waals surface area contributed by atoms with Gasteiger partial charge in [-0.25, -0.2) is 9.97 Å². The molecule has 0 atom stereocenters. The summed E-state index contributed by atoms with van der Waals surface area (Å²) in [4.78, 5) is 24.3. The molecule has 0 aliphatic carbocycles. The smallest absolute Gasteiger partial charge is 0.255 e. The van der Waals surface area contributed by atoms with Crippen LogP contribution in [0.3, 0.4) is 0 Å². The van der Waals surface area contributed by atoms with Gasteiger partial charge < -0.3 is 19.8 Å². The Morgan fingerprint density at radius 3 is 2.72 bits per heavy atom. The van der Waals surface area contributed by atoms with Gasteiger partial charge in [0.15, 0.2) is 11.5 Å². The third-order valence-electron chi connectivity index (χ3n) is 4.53. The van der Waals surface area contributed by atoms with Crippen LogP contribution in [0.25, 0.3) is 22.4 Å². The number of aromatic nitrogens is 3. The summed E-state index contributed by atoms with van der Waals surface area (Å²) in [7, 11) is 0. The fourth-order valence-electron chi connectivity index (χ4n) is 3.17. The van der Waals surface area contributed by atoms with E-state index in [0.29, 0.717) is 41.8 Å². The van der Waals surface area contributed by atoms with Crippen LogP contribution in [0, 0.1) is 0 Å². The SMILES string of the molecule is O=C(Nc1cccc(-c2nc3cc4c(cc3[nH]2)OCCO4)c1)c1ccnc(Cl)c1. The van der Waals surface area contributed by atoms with E-state index in [-0.39, 0.29) is 11.1 Å². The van der Waals surface area contributed by atoms with Gasteiger partial charge in [0.05, 0.1) is 11.0 Å². The van der Waals surface area contributed by atoms with Crippen LogP contribution >= 0.6 is 11.6 Å². The second-order valence-electron chi connectivity index (χ2n) is 6.50. The standard InChI is InChI=1S/C21H15ClN4O3/c22-19-9-13(4-5-23-19)21(27)24-14-3-1-2-12(8-14)20-25-15-10-17-18(11-16(15)26-20)29-7-6-28-17/h1-5,8-11H,6-7H2,(H,24,27)(H,25,26). The van der Waals surface area contributed by atoms with Crippen molar-refractivity contribution >= 4 is 34.2 Å². The Labute approximate surface area is 170 Å². The van der Waals surface area contributed by atoms with Gasteiger partial charge in [-0.2, -0.15) is 0 Å². The summed E-state index contributed by atoms with van der Waals surface area (Å²) >= 11 is 5.86. The Hall–Kier alpha value is -3.58. The molecule has 1 amide bonds. The number of carbonyl (C=O) groups excluding carboxylic acids is 1. The molecule has 0 spiro atoms. The molecule has 2 N–H and O–H groups in total. The number of benzene rings is 2. The molecule has 144 valence electrons. The molecule has 0 unspecified atom stereocenters. The van der Waals surface area contributed by atoms with Gasteiger partial charge in [0.1, 0.15) is 24.2 Å². The van der Waals surface area contributed by atoms with Crippen LogP contribution in [-0.2, 0) is 0 Å². The number of imidazole rings is 1. The van der Waals surface area contributed by atoms with Gasteiger partial charge in [0.25, 0.3) is 5.91 Å². The molecule has 0 saturated heterocycles. The number of H-pyrrole nitrogens is 1. The van der Waals surface area contributed by atoms with Gasteiger partial charge in [-0.1, -0.05) is 23.7 Å². The van der Waals surface area contributed by atoms with Crippen molar-refractivity contribution in [2.75, 3.05) is 18.5 Å². The second kappa shape index (κ2) is 7.10. The number of pyridine rings is 1. The molecule has 2 aromatic carbocycles. The molecular formula is C21H15ClN4O3. The van der Waals surface area contributed by atoms with Crippen molar-refractivity contribution in [3.05, 3.63) is 65.4 Å². The summed E-state index contributed by atoms with van der Waals surface area (Å²) in [5, 5.41) is 3.13. The van der Waals surface area contributed by atoms with E-state index in [9.17, 15) is 4.79 Å². The number of amides is 1. The van der Waals surface area contributed by atoms with Crippen molar-refractivity contribution in [1.29, 1.82) is 0 Å². The maximum absolute atomic E-state index is 12.5. The summed E-state index contributed by atoms with van der Waals surface area (Å²) < 4.78 is 11.2. The Kier molecular flexibility index (Phi) is 4.29. The van der Waals surface area contributed by atoms with Gasteiger partial charge in [-0.05, 0) is 24.3 Å². The Balaban J connectivity index is 1.44. The van der Waals surface area contributed by atoms with Crippen LogP contribution in [0.4, 0.5) is 5.69 Å². The van der Waals surface area contributed by atoms with E-state index >= 15 is 0 Å². The van der Waals surface area contributed by atoms with Crippen molar-refractivity contribution in [3.8, 4) is 22.9 Å².